The summed E-state index contributed by atoms with van der Waals surface area (Å²) >= 11 is 0. The predicted octanol–water partition coefficient (Wildman–Crippen LogP) is 6.82. The topological polar surface area (TPSA) is 108 Å². The summed E-state index contributed by atoms with van der Waals surface area (Å²) in [5.41, 5.74) is 0.941. The van der Waals surface area contributed by atoms with E-state index in [1.807, 2.05) is 31.2 Å². The van der Waals surface area contributed by atoms with E-state index < -0.39 is 14.2 Å². The Kier molecular flexibility index (Phi) is 19.4. The molecule has 0 aliphatic rings. The van der Waals surface area contributed by atoms with Crippen LogP contribution in [0.3, 0.4) is 0 Å². The third kappa shape index (κ3) is 20.2. The van der Waals surface area contributed by atoms with Crippen molar-refractivity contribution in [3.05, 3.63) is 42.0 Å². The summed E-state index contributed by atoms with van der Waals surface area (Å²) in [7, 11) is -4.36. The molecule has 0 unspecified atom stereocenters. The molecule has 7 nitrogen and oxygen atoms in total. The van der Waals surface area contributed by atoms with Crippen LogP contribution in [0.15, 0.2) is 36.4 Å². The summed E-state index contributed by atoms with van der Waals surface area (Å²) in [6, 6.07) is 7.01. The van der Waals surface area contributed by atoms with Gasteiger partial charge in [0.25, 0.3) is 0 Å². The molecule has 37 heavy (non-hydrogen) atoms. The first-order valence-corrected chi connectivity index (χ1v) is 15.8. The predicted molar refractivity (Wildman–Crippen MR) is 152 cm³/mol. The Morgan fingerprint density at radius 3 is 2.00 bits per heavy atom. The summed E-state index contributed by atoms with van der Waals surface area (Å²) < 4.78 is 10.2. The van der Waals surface area contributed by atoms with E-state index in [2.05, 4.69) is 24.4 Å². The highest BCUT2D eigenvalue weighted by atomic mass is 31.2. The molecule has 0 aromatic heterocycles. The smallest absolute Gasteiger partial charge is 0.494 e. The van der Waals surface area contributed by atoms with Crippen LogP contribution in [-0.4, -0.2) is 39.8 Å². The Morgan fingerprint density at radius 1 is 0.865 bits per heavy atom. The fourth-order valence-electron chi connectivity index (χ4n) is 4.17. The van der Waals surface area contributed by atoms with E-state index in [9.17, 15) is 19.5 Å². The average Bonchev–Trinajstić information content (AvgIpc) is 2.86. The molecule has 8 heteroatoms. The highest BCUT2D eigenvalue weighted by Gasteiger charge is 2.34. The second-order valence-electron chi connectivity index (χ2n) is 9.69. The van der Waals surface area contributed by atoms with Gasteiger partial charge < -0.3 is 10.1 Å². The number of benzene rings is 1. The summed E-state index contributed by atoms with van der Waals surface area (Å²) in [6.07, 6.45) is 21.2. The quantitative estimate of drug-likeness (QED) is 0.0689. The van der Waals surface area contributed by atoms with E-state index in [0.717, 1.165) is 37.0 Å². The minimum absolute atomic E-state index is 0.102. The highest BCUT2D eigenvalue weighted by Crippen LogP contribution is 2.45. The zero-order chi connectivity index (χ0) is 27.2. The zero-order valence-electron chi connectivity index (χ0n) is 23.1. The van der Waals surface area contributed by atoms with Crippen molar-refractivity contribution in [2.45, 2.75) is 116 Å². The van der Waals surface area contributed by atoms with Crippen LogP contribution >= 0.6 is 8.17 Å². The second kappa shape index (κ2) is 21.4. The summed E-state index contributed by atoms with van der Waals surface area (Å²) in [6.45, 7) is 4.56. The van der Waals surface area contributed by atoms with Crippen molar-refractivity contribution in [2.75, 3.05) is 13.2 Å². The van der Waals surface area contributed by atoms with Gasteiger partial charge in [0, 0.05) is 6.42 Å². The van der Waals surface area contributed by atoms with Crippen LogP contribution in [0.1, 0.15) is 109 Å². The minimum Gasteiger partial charge on any atom is -0.494 e. The zero-order valence-corrected chi connectivity index (χ0v) is 24.0. The first-order valence-electron chi connectivity index (χ1n) is 14.2. The molecule has 0 saturated carbocycles. The summed E-state index contributed by atoms with van der Waals surface area (Å²) in [5.74, 6) is 0.660. The summed E-state index contributed by atoms with van der Waals surface area (Å²) in [4.78, 5) is 40.0. The molecule has 0 radical (unpaired) electrons. The number of carbonyl (C=O) groups excluding carboxylic acids is 1. The number of hydrogen-bond donors (Lipinski definition) is 4. The first kappa shape index (κ1) is 33.5. The molecule has 1 aromatic rings. The molecule has 4 N–H and O–H groups in total. The normalized spacial score (nSPS) is 12.7. The molecule has 1 rings (SSSR count). The molecule has 0 spiro atoms. The average molecular weight is 541 g/mol. The van der Waals surface area contributed by atoms with E-state index in [1.165, 1.54) is 57.8 Å². The lowest BCUT2D eigenvalue weighted by Gasteiger charge is -2.18. The SMILES string of the molecule is CCCCCCCC/C=C\CCCCCCCC(=O)N[C@@H](CO[P+](O)(O)O)Cc1ccc(OCC)cc1. The number of unbranched alkanes of at least 4 members (excludes halogenated alkanes) is 11. The molecule has 1 aromatic carbocycles. The molecule has 212 valence electrons. The number of rotatable bonds is 23. The number of carbonyl (C=O) groups is 1. The number of nitrogens with one attached hydrogen (secondary N) is 1. The van der Waals surface area contributed by atoms with E-state index >= 15 is 0 Å². The maximum absolute atomic E-state index is 12.5. The molecule has 0 saturated heterocycles. The van der Waals surface area contributed by atoms with Gasteiger partial charge in [-0.1, -0.05) is 82.6 Å². The Balaban J connectivity index is 2.21. The van der Waals surface area contributed by atoms with E-state index in [0.29, 0.717) is 19.4 Å². The van der Waals surface area contributed by atoms with Crippen LogP contribution in [0, 0.1) is 0 Å². The fourth-order valence-corrected chi connectivity index (χ4v) is 4.55. The molecule has 1 atom stereocenters. The van der Waals surface area contributed by atoms with Crippen molar-refractivity contribution < 1.29 is 28.7 Å². The standard InChI is InChI=1S/C29H50NO6P/c1-3-5-6-7-8-9-10-11-12-13-14-15-16-17-18-19-29(31)30-27(25-36-37(32,33)34)24-26-20-22-28(23-21-26)35-4-2/h11-12,20-23,27,32-34H,3-10,13-19,24-25H2,1-2H3/p+1/b12-11-/t27-/m1/s1. The second-order valence-corrected chi connectivity index (χ2v) is 11.0. The molecular weight excluding hydrogens is 489 g/mol. The maximum atomic E-state index is 12.5. The van der Waals surface area contributed by atoms with Crippen LogP contribution < -0.4 is 10.1 Å². The van der Waals surface area contributed by atoms with E-state index in [1.54, 1.807) is 0 Å². The summed E-state index contributed by atoms with van der Waals surface area (Å²) in [5, 5.41) is 2.91. The lowest BCUT2D eigenvalue weighted by atomic mass is 10.1. The van der Waals surface area contributed by atoms with Crippen LogP contribution in [-0.2, 0) is 15.7 Å². The fraction of sp³-hybridized carbons (Fsp3) is 0.690. The molecule has 0 aliphatic carbocycles. The lowest BCUT2D eigenvalue weighted by Crippen LogP contribution is -2.39. The number of hydrogen-bond acceptors (Lipinski definition) is 6. The van der Waals surface area contributed by atoms with Gasteiger partial charge >= 0.3 is 8.17 Å². The molecule has 1 amide bonds. The van der Waals surface area contributed by atoms with Crippen LogP contribution in [0.4, 0.5) is 0 Å². The van der Waals surface area contributed by atoms with E-state index in [-0.39, 0.29) is 12.5 Å². The third-order valence-electron chi connectivity index (χ3n) is 6.20. The number of ether oxygens (including phenoxy) is 1. The van der Waals surface area contributed by atoms with Gasteiger partial charge in [-0.2, -0.15) is 19.2 Å². The Morgan fingerprint density at radius 2 is 1.43 bits per heavy atom. The Hall–Kier alpha value is -1.50. The van der Waals surface area contributed by atoms with Gasteiger partial charge in [-0.15, -0.1) is 0 Å². The highest BCUT2D eigenvalue weighted by molar-refractivity contribution is 7.53. The van der Waals surface area contributed by atoms with E-state index in [4.69, 9.17) is 9.26 Å². The molecule has 0 bridgehead atoms. The molecule has 0 heterocycles. The molecule has 0 fully saturated rings. The number of allylic oxidation sites excluding steroid dienone is 2. The van der Waals surface area contributed by atoms with Crippen molar-refractivity contribution >= 4 is 14.1 Å². The van der Waals surface area contributed by atoms with Gasteiger partial charge in [0.15, 0.2) is 0 Å². The van der Waals surface area contributed by atoms with Crippen molar-refractivity contribution in [1.82, 2.24) is 5.32 Å². The van der Waals surface area contributed by atoms with Gasteiger partial charge in [-0.25, -0.2) is 0 Å². The number of amides is 1. The first-order chi connectivity index (χ1) is 17.8. The Labute approximate surface area is 225 Å². The monoisotopic (exact) mass is 540 g/mol. The van der Waals surface area contributed by atoms with Gasteiger partial charge in [0.1, 0.15) is 12.4 Å². The molecule has 0 aliphatic heterocycles. The lowest BCUT2D eigenvalue weighted by molar-refractivity contribution is -0.122. The molecular formula is C29H51NO6P+. The van der Waals surface area contributed by atoms with Crippen molar-refractivity contribution in [2.24, 2.45) is 0 Å². The van der Waals surface area contributed by atoms with Crippen molar-refractivity contribution in [1.29, 1.82) is 0 Å². The van der Waals surface area contributed by atoms with Gasteiger partial charge in [0.05, 0.1) is 12.6 Å². The van der Waals surface area contributed by atoms with Crippen molar-refractivity contribution in [3.8, 4) is 5.75 Å². The maximum Gasteiger partial charge on any atom is 0.567 e. The third-order valence-corrected chi connectivity index (χ3v) is 6.69. The van der Waals surface area contributed by atoms with Crippen molar-refractivity contribution in [3.63, 3.8) is 0 Å². The van der Waals surface area contributed by atoms with Gasteiger partial charge in [0.2, 0.25) is 5.91 Å². The minimum atomic E-state index is -4.36. The van der Waals surface area contributed by atoms with Crippen LogP contribution in [0.25, 0.3) is 0 Å². The van der Waals surface area contributed by atoms with Gasteiger partial charge in [-0.3, -0.25) is 4.79 Å². The van der Waals surface area contributed by atoms with Gasteiger partial charge in [-0.05, 0) is 63.1 Å². The Bertz CT molecular complexity index is 720. The van der Waals surface area contributed by atoms with Crippen LogP contribution in [0.2, 0.25) is 0 Å². The largest absolute Gasteiger partial charge is 0.567 e. The van der Waals surface area contributed by atoms with Crippen LogP contribution in [0.5, 0.6) is 5.75 Å².